The molecule has 0 radical (unpaired) electrons. The average Bonchev–Trinajstić information content (AvgIpc) is 2.88. The van der Waals surface area contributed by atoms with E-state index in [0.29, 0.717) is 26.0 Å². The van der Waals surface area contributed by atoms with Crippen molar-refractivity contribution in [3.8, 4) is 0 Å². The molecule has 0 spiro atoms. The van der Waals surface area contributed by atoms with Crippen LogP contribution in [0.15, 0.2) is 12.7 Å². The maximum absolute atomic E-state index is 11.8. The molecule has 5 nitrogen and oxygen atoms in total. The summed E-state index contributed by atoms with van der Waals surface area (Å²) in [5.74, 6) is -0.196. The highest BCUT2D eigenvalue weighted by Gasteiger charge is 2.72. The molecule has 0 aromatic carbocycles. The first kappa shape index (κ1) is 12.8. The molecule has 0 saturated carbocycles. The van der Waals surface area contributed by atoms with Crippen LogP contribution in [-0.4, -0.2) is 47.2 Å². The van der Waals surface area contributed by atoms with Crippen LogP contribution in [0.4, 0.5) is 0 Å². The predicted octanol–water partition coefficient (Wildman–Crippen LogP) is 1.03. The van der Waals surface area contributed by atoms with Gasteiger partial charge in [-0.15, -0.1) is 6.58 Å². The minimum Gasteiger partial charge on any atom is -0.367 e. The van der Waals surface area contributed by atoms with Crippen LogP contribution in [-0.2, 0) is 19.1 Å². The molecule has 0 aliphatic carbocycles. The maximum atomic E-state index is 11.8. The number of ether oxygens (including phenoxy) is 2. The van der Waals surface area contributed by atoms with Gasteiger partial charge in [0.2, 0.25) is 11.8 Å². The summed E-state index contributed by atoms with van der Waals surface area (Å²) in [5, 5.41) is 0. The van der Waals surface area contributed by atoms with E-state index in [1.54, 1.807) is 0 Å². The molecule has 0 aromatic heterocycles. The molecule has 3 heterocycles. The molecule has 3 aliphatic rings. The highest BCUT2D eigenvalue weighted by atomic mass is 16.7. The highest BCUT2D eigenvalue weighted by Crippen LogP contribution is 2.55. The first-order chi connectivity index (χ1) is 9.02. The second-order valence-corrected chi connectivity index (χ2v) is 5.72. The summed E-state index contributed by atoms with van der Waals surface area (Å²) in [6, 6.07) is 0. The van der Waals surface area contributed by atoms with Gasteiger partial charge in [-0.2, -0.15) is 0 Å². The van der Waals surface area contributed by atoms with E-state index >= 15 is 0 Å². The number of amides is 2. The van der Waals surface area contributed by atoms with Crippen molar-refractivity contribution in [3.05, 3.63) is 12.7 Å². The second kappa shape index (κ2) is 4.15. The fourth-order valence-corrected chi connectivity index (χ4v) is 3.23. The number of imide groups is 1. The Morgan fingerprint density at radius 2 is 2.11 bits per heavy atom. The molecule has 0 N–H and O–H groups in total. The SMILES string of the molecule is C=CCC[C@]1(CN2C(=O)CCC2=O)OC[C@@H]2O[C@@]21C. The van der Waals surface area contributed by atoms with Crippen LogP contribution < -0.4 is 0 Å². The number of carbonyl (C=O) groups excluding carboxylic acids is 2. The van der Waals surface area contributed by atoms with Gasteiger partial charge in [-0.05, 0) is 19.8 Å². The van der Waals surface area contributed by atoms with E-state index in [1.807, 2.05) is 13.0 Å². The fraction of sp³-hybridized carbons (Fsp3) is 0.714. The summed E-state index contributed by atoms with van der Waals surface area (Å²) in [6.45, 7) is 6.60. The van der Waals surface area contributed by atoms with Gasteiger partial charge in [0, 0.05) is 12.8 Å². The van der Waals surface area contributed by atoms with Crippen molar-refractivity contribution in [2.75, 3.05) is 13.2 Å². The standard InChI is InChI=1S/C14H19NO4/c1-3-4-7-14(13(2)10(19-13)8-18-14)9-15-11(16)5-6-12(15)17/h3,10H,1,4-9H2,2H3/t10-,13-,14+/m0/s1. The second-order valence-electron chi connectivity index (χ2n) is 5.72. The van der Waals surface area contributed by atoms with Crippen molar-refractivity contribution in [3.63, 3.8) is 0 Å². The van der Waals surface area contributed by atoms with Crippen LogP contribution in [0.2, 0.25) is 0 Å². The van der Waals surface area contributed by atoms with Gasteiger partial charge in [-0.25, -0.2) is 0 Å². The third kappa shape index (κ3) is 1.75. The zero-order valence-electron chi connectivity index (χ0n) is 11.2. The van der Waals surface area contributed by atoms with Gasteiger partial charge in [-0.1, -0.05) is 6.08 Å². The Hall–Kier alpha value is -1.20. The van der Waals surface area contributed by atoms with E-state index < -0.39 is 5.60 Å². The molecule has 3 fully saturated rings. The van der Waals surface area contributed by atoms with Crippen LogP contribution in [0.3, 0.4) is 0 Å². The van der Waals surface area contributed by atoms with E-state index in [1.165, 1.54) is 4.90 Å². The topological polar surface area (TPSA) is 59.1 Å². The number of epoxide rings is 1. The van der Waals surface area contributed by atoms with E-state index in [-0.39, 0.29) is 23.5 Å². The minimum absolute atomic E-state index is 0.0979. The Kier molecular flexibility index (Phi) is 2.80. The summed E-state index contributed by atoms with van der Waals surface area (Å²) >= 11 is 0. The zero-order chi connectivity index (χ0) is 13.7. The van der Waals surface area contributed by atoms with Crippen molar-refractivity contribution in [1.82, 2.24) is 4.90 Å². The molecule has 0 unspecified atom stereocenters. The Balaban J connectivity index is 1.82. The molecule has 2 amide bonds. The first-order valence-electron chi connectivity index (χ1n) is 6.78. The molecule has 104 valence electrons. The third-order valence-electron chi connectivity index (χ3n) is 4.68. The molecule has 0 aromatic rings. The van der Waals surface area contributed by atoms with Gasteiger partial charge in [0.1, 0.15) is 17.3 Å². The average molecular weight is 265 g/mol. The molecule has 19 heavy (non-hydrogen) atoms. The van der Waals surface area contributed by atoms with E-state index in [2.05, 4.69) is 6.58 Å². The number of hydrogen-bond acceptors (Lipinski definition) is 4. The number of fused-ring (bicyclic) bond motifs is 1. The van der Waals surface area contributed by atoms with Crippen LogP contribution in [0.1, 0.15) is 32.6 Å². The Bertz CT molecular complexity index is 431. The number of carbonyl (C=O) groups is 2. The van der Waals surface area contributed by atoms with Crippen LogP contribution in [0.25, 0.3) is 0 Å². The van der Waals surface area contributed by atoms with Crippen LogP contribution in [0, 0.1) is 0 Å². The van der Waals surface area contributed by atoms with E-state index in [4.69, 9.17) is 9.47 Å². The number of likely N-dealkylation sites (tertiary alicyclic amines) is 1. The Morgan fingerprint density at radius 3 is 2.58 bits per heavy atom. The maximum Gasteiger partial charge on any atom is 0.229 e. The van der Waals surface area contributed by atoms with Gasteiger partial charge < -0.3 is 9.47 Å². The molecule has 3 atom stereocenters. The Morgan fingerprint density at radius 1 is 1.42 bits per heavy atom. The fourth-order valence-electron chi connectivity index (χ4n) is 3.23. The molecular formula is C14H19NO4. The quantitative estimate of drug-likeness (QED) is 0.423. The van der Waals surface area contributed by atoms with Gasteiger partial charge in [0.05, 0.1) is 13.2 Å². The lowest BCUT2D eigenvalue weighted by Crippen LogP contribution is -2.53. The lowest BCUT2D eigenvalue weighted by Gasteiger charge is -2.36. The molecule has 3 aliphatic heterocycles. The highest BCUT2D eigenvalue weighted by molar-refractivity contribution is 6.02. The van der Waals surface area contributed by atoms with Crippen LogP contribution >= 0.6 is 0 Å². The van der Waals surface area contributed by atoms with Crippen molar-refractivity contribution in [2.45, 2.75) is 49.9 Å². The molecule has 0 bridgehead atoms. The van der Waals surface area contributed by atoms with Crippen molar-refractivity contribution in [2.24, 2.45) is 0 Å². The smallest absolute Gasteiger partial charge is 0.229 e. The summed E-state index contributed by atoms with van der Waals surface area (Å²) < 4.78 is 11.7. The van der Waals surface area contributed by atoms with E-state index in [0.717, 1.165) is 12.8 Å². The molecule has 3 rings (SSSR count). The summed E-state index contributed by atoms with van der Waals surface area (Å²) in [5.41, 5.74) is -0.930. The molecule has 3 saturated heterocycles. The van der Waals surface area contributed by atoms with Crippen LogP contribution in [0.5, 0.6) is 0 Å². The van der Waals surface area contributed by atoms with Gasteiger partial charge in [-0.3, -0.25) is 14.5 Å². The Labute approximate surface area is 112 Å². The summed E-state index contributed by atoms with van der Waals surface area (Å²) in [4.78, 5) is 24.9. The first-order valence-corrected chi connectivity index (χ1v) is 6.78. The van der Waals surface area contributed by atoms with Gasteiger partial charge in [0.15, 0.2) is 0 Å². The predicted molar refractivity (Wildman–Crippen MR) is 67.3 cm³/mol. The monoisotopic (exact) mass is 265 g/mol. The third-order valence-corrected chi connectivity index (χ3v) is 4.68. The minimum atomic E-state index is -0.568. The van der Waals surface area contributed by atoms with Gasteiger partial charge in [0.25, 0.3) is 0 Å². The summed E-state index contributed by atoms with van der Waals surface area (Å²) in [7, 11) is 0. The number of nitrogens with zero attached hydrogens (tertiary/aromatic N) is 1. The van der Waals surface area contributed by atoms with Crippen molar-refractivity contribution < 1.29 is 19.1 Å². The number of rotatable bonds is 5. The summed E-state index contributed by atoms with van der Waals surface area (Å²) in [6.07, 6.45) is 4.07. The largest absolute Gasteiger partial charge is 0.367 e. The van der Waals surface area contributed by atoms with Crippen molar-refractivity contribution in [1.29, 1.82) is 0 Å². The zero-order valence-corrected chi connectivity index (χ0v) is 11.2. The normalized spacial score (nSPS) is 40.7. The van der Waals surface area contributed by atoms with E-state index in [9.17, 15) is 9.59 Å². The van der Waals surface area contributed by atoms with Gasteiger partial charge >= 0.3 is 0 Å². The lowest BCUT2D eigenvalue weighted by atomic mass is 9.83. The van der Waals surface area contributed by atoms with Crippen molar-refractivity contribution >= 4 is 11.8 Å². The number of allylic oxidation sites excluding steroid dienone is 1. The number of hydrogen-bond donors (Lipinski definition) is 0. The molecule has 5 heteroatoms. The lowest BCUT2D eigenvalue weighted by molar-refractivity contribution is -0.149. The molecular weight excluding hydrogens is 246 g/mol.